The molecule has 1 saturated heterocycles. The Balaban J connectivity index is 2.36. The zero-order chi connectivity index (χ0) is 8.55. The molecule has 0 radical (unpaired) electrons. The molecule has 4 N–H and O–H groups in total. The summed E-state index contributed by atoms with van der Waals surface area (Å²) in [6.45, 7) is 1.54. The van der Waals surface area contributed by atoms with Crippen molar-refractivity contribution in [3.8, 4) is 0 Å². The molecule has 12 heavy (non-hydrogen) atoms. The smallest absolute Gasteiger partial charge is 0.0584 e. The lowest BCUT2D eigenvalue weighted by Gasteiger charge is -2.27. The van der Waals surface area contributed by atoms with Crippen LogP contribution in [0.4, 0.5) is 11.4 Å². The van der Waals surface area contributed by atoms with Crippen LogP contribution in [-0.2, 0) is 4.74 Å². The average Bonchev–Trinajstić information content (AvgIpc) is 1.95. The van der Waals surface area contributed by atoms with Crippen molar-refractivity contribution in [3.05, 3.63) is 23.8 Å². The molecule has 1 aliphatic rings. The van der Waals surface area contributed by atoms with Gasteiger partial charge in [-0.3, -0.25) is 0 Å². The van der Waals surface area contributed by atoms with E-state index in [1.807, 2.05) is 18.2 Å². The van der Waals surface area contributed by atoms with Gasteiger partial charge in [-0.2, -0.15) is 0 Å². The summed E-state index contributed by atoms with van der Waals surface area (Å²) in [6, 6.07) is 5.76. The molecule has 1 fully saturated rings. The van der Waals surface area contributed by atoms with E-state index < -0.39 is 0 Å². The number of nitrogens with two attached hydrogens (primary N) is 2. The van der Waals surface area contributed by atoms with E-state index in [-0.39, 0.29) is 0 Å². The number of hydrogen-bond donors (Lipinski definition) is 2. The molecular weight excluding hydrogens is 152 g/mol. The van der Waals surface area contributed by atoms with Gasteiger partial charge in [0.15, 0.2) is 0 Å². The Morgan fingerprint density at radius 1 is 1.25 bits per heavy atom. The number of hydrogen-bond acceptors (Lipinski definition) is 3. The Kier molecular flexibility index (Phi) is 1.66. The molecule has 0 aliphatic carbocycles. The van der Waals surface area contributed by atoms with E-state index in [4.69, 9.17) is 16.2 Å². The quantitative estimate of drug-likeness (QED) is 0.608. The molecule has 0 amide bonds. The van der Waals surface area contributed by atoms with E-state index >= 15 is 0 Å². The van der Waals surface area contributed by atoms with Crippen molar-refractivity contribution in [1.82, 2.24) is 0 Å². The summed E-state index contributed by atoms with van der Waals surface area (Å²) in [5.41, 5.74) is 14.0. The first-order valence-electron chi connectivity index (χ1n) is 4.00. The number of ether oxygens (including phenoxy) is 1. The zero-order valence-electron chi connectivity index (χ0n) is 6.79. The van der Waals surface area contributed by atoms with E-state index in [1.54, 1.807) is 0 Å². The van der Waals surface area contributed by atoms with Crippen LogP contribution in [0.1, 0.15) is 11.5 Å². The van der Waals surface area contributed by atoms with Gasteiger partial charge in [0.1, 0.15) is 0 Å². The van der Waals surface area contributed by atoms with E-state index in [0.717, 1.165) is 18.8 Å². The van der Waals surface area contributed by atoms with E-state index in [9.17, 15) is 0 Å². The van der Waals surface area contributed by atoms with Crippen molar-refractivity contribution in [2.45, 2.75) is 5.92 Å². The number of rotatable bonds is 1. The van der Waals surface area contributed by atoms with Gasteiger partial charge in [-0.25, -0.2) is 0 Å². The molecule has 64 valence electrons. The molecule has 0 bridgehead atoms. The van der Waals surface area contributed by atoms with E-state index in [1.165, 1.54) is 0 Å². The summed E-state index contributed by atoms with van der Waals surface area (Å²) >= 11 is 0. The minimum Gasteiger partial charge on any atom is -0.397 e. The third-order valence-corrected chi connectivity index (χ3v) is 2.25. The second-order valence-corrected chi connectivity index (χ2v) is 3.08. The van der Waals surface area contributed by atoms with Gasteiger partial charge < -0.3 is 16.2 Å². The van der Waals surface area contributed by atoms with Gasteiger partial charge in [0, 0.05) is 5.92 Å². The lowest BCUT2D eigenvalue weighted by Crippen LogP contribution is -2.26. The topological polar surface area (TPSA) is 61.3 Å². The van der Waals surface area contributed by atoms with Crippen LogP contribution < -0.4 is 11.5 Å². The fraction of sp³-hybridized carbons (Fsp3) is 0.333. The lowest BCUT2D eigenvalue weighted by atomic mass is 9.95. The SMILES string of the molecule is Nc1cccc(C2COC2)c1N. The first kappa shape index (κ1) is 7.43. The van der Waals surface area contributed by atoms with Gasteiger partial charge in [0.2, 0.25) is 0 Å². The third kappa shape index (κ3) is 1.02. The van der Waals surface area contributed by atoms with Crippen molar-refractivity contribution in [1.29, 1.82) is 0 Å². The Hall–Kier alpha value is -1.22. The second-order valence-electron chi connectivity index (χ2n) is 3.08. The maximum Gasteiger partial charge on any atom is 0.0584 e. The molecule has 1 heterocycles. The number of nitrogen functional groups attached to an aromatic ring is 2. The first-order chi connectivity index (χ1) is 5.79. The fourth-order valence-corrected chi connectivity index (χ4v) is 1.37. The molecule has 3 heteroatoms. The molecule has 3 nitrogen and oxygen atoms in total. The maximum atomic E-state index is 5.81. The first-order valence-corrected chi connectivity index (χ1v) is 4.00. The van der Waals surface area contributed by atoms with E-state index in [0.29, 0.717) is 17.3 Å². The molecule has 0 aromatic heterocycles. The van der Waals surface area contributed by atoms with Gasteiger partial charge >= 0.3 is 0 Å². The van der Waals surface area contributed by atoms with Crippen LogP contribution in [0.15, 0.2) is 18.2 Å². The standard InChI is InChI=1S/C9H12N2O/c10-8-3-1-2-7(9(8)11)6-4-12-5-6/h1-3,6H,4-5,10-11H2. The third-order valence-electron chi connectivity index (χ3n) is 2.25. The summed E-state index contributed by atoms with van der Waals surface area (Å²) in [4.78, 5) is 0. The van der Waals surface area contributed by atoms with Gasteiger partial charge in [-0.1, -0.05) is 12.1 Å². The van der Waals surface area contributed by atoms with Crippen LogP contribution in [0, 0.1) is 0 Å². The molecule has 1 aliphatic heterocycles. The lowest BCUT2D eigenvalue weighted by molar-refractivity contribution is 0.00873. The summed E-state index contributed by atoms with van der Waals surface area (Å²) in [5, 5.41) is 0. The predicted molar refractivity (Wildman–Crippen MR) is 48.8 cm³/mol. The van der Waals surface area contributed by atoms with Crippen LogP contribution in [0.5, 0.6) is 0 Å². The largest absolute Gasteiger partial charge is 0.397 e. The predicted octanol–water partition coefficient (Wildman–Crippen LogP) is 0.965. The fourth-order valence-electron chi connectivity index (χ4n) is 1.37. The molecule has 1 aromatic rings. The Morgan fingerprint density at radius 3 is 2.58 bits per heavy atom. The monoisotopic (exact) mass is 164 g/mol. The highest BCUT2D eigenvalue weighted by atomic mass is 16.5. The van der Waals surface area contributed by atoms with Crippen LogP contribution in [0.2, 0.25) is 0 Å². The van der Waals surface area contributed by atoms with Crippen LogP contribution in [-0.4, -0.2) is 13.2 Å². The number of benzene rings is 1. The molecule has 1 aromatic carbocycles. The molecule has 0 atom stereocenters. The highest BCUT2D eigenvalue weighted by Gasteiger charge is 2.22. The van der Waals surface area contributed by atoms with Gasteiger partial charge in [0.05, 0.1) is 24.6 Å². The highest BCUT2D eigenvalue weighted by molar-refractivity contribution is 5.68. The molecular formula is C9H12N2O. The molecule has 0 spiro atoms. The van der Waals surface area contributed by atoms with Gasteiger partial charge in [-0.15, -0.1) is 0 Å². The Morgan fingerprint density at radius 2 is 2.00 bits per heavy atom. The van der Waals surface area contributed by atoms with Crippen molar-refractivity contribution in [2.24, 2.45) is 0 Å². The van der Waals surface area contributed by atoms with Gasteiger partial charge in [0.25, 0.3) is 0 Å². The molecule has 0 unspecified atom stereocenters. The summed E-state index contributed by atoms with van der Waals surface area (Å²) in [7, 11) is 0. The molecule has 0 saturated carbocycles. The minimum atomic E-state index is 0.452. The van der Waals surface area contributed by atoms with Gasteiger partial charge in [-0.05, 0) is 11.6 Å². The number of para-hydroxylation sites is 1. The van der Waals surface area contributed by atoms with Crippen LogP contribution in [0.25, 0.3) is 0 Å². The highest BCUT2D eigenvalue weighted by Crippen LogP contribution is 2.31. The Labute approximate surface area is 71.3 Å². The summed E-state index contributed by atoms with van der Waals surface area (Å²) < 4.78 is 5.09. The second kappa shape index (κ2) is 2.68. The Bertz CT molecular complexity index is 295. The normalized spacial score (nSPS) is 17.3. The van der Waals surface area contributed by atoms with E-state index in [2.05, 4.69) is 0 Å². The summed E-state index contributed by atoms with van der Waals surface area (Å²) in [5.74, 6) is 0.452. The van der Waals surface area contributed by atoms with Crippen molar-refractivity contribution < 1.29 is 4.74 Å². The zero-order valence-corrected chi connectivity index (χ0v) is 6.79. The van der Waals surface area contributed by atoms with Crippen LogP contribution >= 0.6 is 0 Å². The maximum absolute atomic E-state index is 5.81. The van der Waals surface area contributed by atoms with Crippen molar-refractivity contribution >= 4 is 11.4 Å². The van der Waals surface area contributed by atoms with Crippen molar-refractivity contribution in [2.75, 3.05) is 24.7 Å². The number of anilines is 2. The molecule has 2 rings (SSSR count). The minimum absolute atomic E-state index is 0.452. The average molecular weight is 164 g/mol. The summed E-state index contributed by atoms with van der Waals surface area (Å²) in [6.07, 6.45) is 0. The van der Waals surface area contributed by atoms with Crippen molar-refractivity contribution in [3.63, 3.8) is 0 Å². The van der Waals surface area contributed by atoms with Crippen LogP contribution in [0.3, 0.4) is 0 Å².